The maximum atomic E-state index is 11.0. The van der Waals surface area contributed by atoms with E-state index in [0.717, 1.165) is 32.5 Å². The molecule has 1 fully saturated rings. The summed E-state index contributed by atoms with van der Waals surface area (Å²) in [5.74, 6) is 0.00467. The Kier molecular flexibility index (Phi) is 5.68. The Bertz CT molecular complexity index is 285. The van der Waals surface area contributed by atoms with Crippen LogP contribution in [0.25, 0.3) is 0 Å². The first-order chi connectivity index (χ1) is 7.51. The summed E-state index contributed by atoms with van der Waals surface area (Å²) in [7, 11) is -3.39. The second kappa shape index (κ2) is 6.54. The summed E-state index contributed by atoms with van der Waals surface area (Å²) < 4.78 is 32.8. The monoisotopic (exact) mass is 251 g/mol. The van der Waals surface area contributed by atoms with Crippen LogP contribution in [0, 0.1) is 5.92 Å². The zero-order chi connectivity index (χ0) is 12.0. The summed E-state index contributed by atoms with van der Waals surface area (Å²) in [6.07, 6.45) is 2.76. The van der Waals surface area contributed by atoms with E-state index in [-0.39, 0.29) is 17.8 Å². The van der Waals surface area contributed by atoms with Crippen LogP contribution in [0.1, 0.15) is 26.2 Å². The minimum absolute atomic E-state index is 0.00200. The number of nitrogens with two attached hydrogens (primary N) is 1. The summed E-state index contributed by atoms with van der Waals surface area (Å²) in [5, 5.41) is 5.02. The molecule has 0 aromatic heterocycles. The zero-order valence-electron chi connectivity index (χ0n) is 9.72. The Balaban J connectivity index is 2.27. The van der Waals surface area contributed by atoms with Gasteiger partial charge in [0.1, 0.15) is 0 Å². The van der Waals surface area contributed by atoms with Crippen LogP contribution in [-0.4, -0.2) is 40.1 Å². The highest BCUT2D eigenvalue weighted by atomic mass is 32.2. The van der Waals surface area contributed by atoms with E-state index in [0.29, 0.717) is 6.61 Å². The number of ether oxygens (including phenoxy) is 2. The number of hydrogen-bond acceptors (Lipinski definition) is 4. The largest absolute Gasteiger partial charge is 0.381 e. The molecule has 1 atom stereocenters. The van der Waals surface area contributed by atoms with Gasteiger partial charge >= 0.3 is 0 Å². The van der Waals surface area contributed by atoms with Crippen LogP contribution in [0.3, 0.4) is 0 Å². The molecule has 1 aliphatic rings. The molecule has 0 aromatic carbocycles. The van der Waals surface area contributed by atoms with E-state index in [9.17, 15) is 8.42 Å². The Morgan fingerprint density at radius 1 is 1.44 bits per heavy atom. The van der Waals surface area contributed by atoms with Gasteiger partial charge < -0.3 is 9.47 Å². The Morgan fingerprint density at radius 2 is 2.06 bits per heavy atom. The van der Waals surface area contributed by atoms with Gasteiger partial charge in [0, 0.05) is 13.2 Å². The van der Waals surface area contributed by atoms with Crippen molar-refractivity contribution in [2.45, 2.75) is 32.3 Å². The summed E-state index contributed by atoms with van der Waals surface area (Å²) in [5.41, 5.74) is 0. The molecular weight excluding hydrogens is 230 g/mol. The molecule has 0 amide bonds. The lowest BCUT2D eigenvalue weighted by atomic mass is 10.1. The lowest BCUT2D eigenvalue weighted by Gasteiger charge is -2.24. The Hall–Kier alpha value is -0.170. The van der Waals surface area contributed by atoms with Gasteiger partial charge in [0.25, 0.3) is 0 Å². The van der Waals surface area contributed by atoms with Crippen molar-refractivity contribution < 1.29 is 17.9 Å². The highest BCUT2D eigenvalue weighted by Crippen LogP contribution is 2.14. The second-order valence-corrected chi connectivity index (χ2v) is 5.91. The first kappa shape index (κ1) is 13.9. The molecule has 0 radical (unpaired) electrons. The molecule has 96 valence electrons. The van der Waals surface area contributed by atoms with Crippen LogP contribution in [0.2, 0.25) is 0 Å². The molecule has 2 N–H and O–H groups in total. The van der Waals surface area contributed by atoms with Gasteiger partial charge in [-0.1, -0.05) is 13.3 Å². The summed E-state index contributed by atoms with van der Waals surface area (Å²) in [6.45, 7) is 3.88. The summed E-state index contributed by atoms with van der Waals surface area (Å²) >= 11 is 0. The SMILES string of the molecule is CCC(COC1CCOCC1)CS(N)(=O)=O. The average Bonchev–Trinajstić information content (AvgIpc) is 2.24. The molecule has 0 aromatic rings. The quantitative estimate of drug-likeness (QED) is 0.745. The van der Waals surface area contributed by atoms with Gasteiger partial charge in [0.2, 0.25) is 10.0 Å². The average molecular weight is 251 g/mol. The molecule has 6 heteroatoms. The second-order valence-electron chi connectivity index (χ2n) is 4.25. The van der Waals surface area contributed by atoms with E-state index in [2.05, 4.69) is 0 Å². The lowest BCUT2D eigenvalue weighted by molar-refractivity contribution is -0.0411. The van der Waals surface area contributed by atoms with Crippen molar-refractivity contribution in [1.82, 2.24) is 0 Å². The normalized spacial score (nSPS) is 20.9. The Labute approximate surface area is 97.3 Å². The van der Waals surface area contributed by atoms with Crippen molar-refractivity contribution in [3.8, 4) is 0 Å². The maximum absolute atomic E-state index is 11.0. The summed E-state index contributed by atoms with van der Waals surface area (Å²) in [4.78, 5) is 0. The fourth-order valence-electron chi connectivity index (χ4n) is 1.73. The lowest BCUT2D eigenvalue weighted by Crippen LogP contribution is -2.29. The van der Waals surface area contributed by atoms with Crippen LogP contribution < -0.4 is 5.14 Å². The first-order valence-electron chi connectivity index (χ1n) is 5.71. The van der Waals surface area contributed by atoms with E-state index in [1.54, 1.807) is 0 Å². The van der Waals surface area contributed by atoms with Gasteiger partial charge in [-0.25, -0.2) is 13.6 Å². The molecular formula is C10H21NO4S. The molecule has 1 rings (SSSR count). The van der Waals surface area contributed by atoms with Crippen molar-refractivity contribution in [1.29, 1.82) is 0 Å². The molecule has 1 aliphatic heterocycles. The number of primary sulfonamides is 1. The molecule has 0 bridgehead atoms. The van der Waals surface area contributed by atoms with Gasteiger partial charge in [-0.3, -0.25) is 0 Å². The van der Waals surface area contributed by atoms with Gasteiger partial charge in [0.05, 0.1) is 18.5 Å². The standard InChI is InChI=1S/C10H21NO4S/c1-2-9(8-16(11,12)13)7-15-10-3-5-14-6-4-10/h9-10H,2-8H2,1H3,(H2,11,12,13). The van der Waals surface area contributed by atoms with E-state index in [4.69, 9.17) is 14.6 Å². The van der Waals surface area contributed by atoms with Crippen molar-refractivity contribution in [3.05, 3.63) is 0 Å². The van der Waals surface area contributed by atoms with E-state index >= 15 is 0 Å². The van der Waals surface area contributed by atoms with Crippen LogP contribution in [-0.2, 0) is 19.5 Å². The third-order valence-electron chi connectivity index (χ3n) is 2.78. The maximum Gasteiger partial charge on any atom is 0.209 e. The molecule has 0 saturated carbocycles. The topological polar surface area (TPSA) is 78.6 Å². The van der Waals surface area contributed by atoms with Crippen molar-refractivity contribution >= 4 is 10.0 Å². The fourth-order valence-corrected chi connectivity index (χ4v) is 2.72. The molecule has 1 heterocycles. The van der Waals surface area contributed by atoms with E-state index in [1.165, 1.54) is 0 Å². The highest BCUT2D eigenvalue weighted by molar-refractivity contribution is 7.89. The van der Waals surface area contributed by atoms with E-state index < -0.39 is 10.0 Å². The van der Waals surface area contributed by atoms with Crippen LogP contribution in [0.5, 0.6) is 0 Å². The Morgan fingerprint density at radius 3 is 2.56 bits per heavy atom. The van der Waals surface area contributed by atoms with E-state index in [1.807, 2.05) is 6.92 Å². The molecule has 0 aliphatic carbocycles. The van der Waals surface area contributed by atoms with Crippen LogP contribution in [0.15, 0.2) is 0 Å². The fraction of sp³-hybridized carbons (Fsp3) is 1.00. The third-order valence-corrected chi connectivity index (χ3v) is 3.72. The predicted octanol–water partition coefficient (Wildman–Crippen LogP) is 0.497. The smallest absolute Gasteiger partial charge is 0.209 e. The minimum atomic E-state index is -3.39. The highest BCUT2D eigenvalue weighted by Gasteiger charge is 2.18. The minimum Gasteiger partial charge on any atom is -0.381 e. The number of hydrogen-bond donors (Lipinski definition) is 1. The van der Waals surface area contributed by atoms with Crippen molar-refractivity contribution in [2.24, 2.45) is 11.1 Å². The third kappa shape index (κ3) is 5.79. The number of rotatable bonds is 6. The predicted molar refractivity (Wildman–Crippen MR) is 61.5 cm³/mol. The molecule has 1 saturated heterocycles. The zero-order valence-corrected chi connectivity index (χ0v) is 10.5. The molecule has 5 nitrogen and oxygen atoms in total. The number of sulfonamides is 1. The van der Waals surface area contributed by atoms with Gasteiger partial charge in [0.15, 0.2) is 0 Å². The van der Waals surface area contributed by atoms with Gasteiger partial charge in [-0.2, -0.15) is 0 Å². The van der Waals surface area contributed by atoms with Crippen LogP contribution >= 0.6 is 0 Å². The van der Waals surface area contributed by atoms with Crippen molar-refractivity contribution in [3.63, 3.8) is 0 Å². The van der Waals surface area contributed by atoms with Crippen LogP contribution in [0.4, 0.5) is 0 Å². The first-order valence-corrected chi connectivity index (χ1v) is 7.42. The molecule has 1 unspecified atom stereocenters. The summed E-state index contributed by atoms with van der Waals surface area (Å²) in [6, 6.07) is 0. The van der Waals surface area contributed by atoms with Crippen molar-refractivity contribution in [2.75, 3.05) is 25.6 Å². The van der Waals surface area contributed by atoms with Gasteiger partial charge in [-0.15, -0.1) is 0 Å². The molecule has 16 heavy (non-hydrogen) atoms. The molecule has 0 spiro atoms. The van der Waals surface area contributed by atoms with Gasteiger partial charge in [-0.05, 0) is 18.8 Å².